The van der Waals surface area contributed by atoms with E-state index in [0.29, 0.717) is 0 Å². The van der Waals surface area contributed by atoms with Crippen molar-refractivity contribution in [2.45, 2.75) is 30.6 Å². The Bertz CT molecular complexity index is 255. The van der Waals surface area contributed by atoms with Gasteiger partial charge in [0.05, 0.1) is 12.2 Å². The number of ether oxygens (including phenoxy) is 2. The van der Waals surface area contributed by atoms with Crippen LogP contribution in [0, 0.1) is 0 Å². The fraction of sp³-hybridized carbons (Fsp3) is 1.00. The molecule has 0 radical (unpaired) electrons. The summed E-state index contributed by atoms with van der Waals surface area (Å²) in [6.45, 7) is 4.87. The van der Waals surface area contributed by atoms with Gasteiger partial charge >= 0.3 is 0 Å². The molecule has 0 aliphatic carbocycles. The van der Waals surface area contributed by atoms with Crippen LogP contribution in [-0.2, 0) is 9.47 Å². The van der Waals surface area contributed by atoms with Crippen LogP contribution in [0.1, 0.15) is 12.8 Å². The lowest BCUT2D eigenvalue weighted by atomic mass is 9.86. The van der Waals surface area contributed by atoms with E-state index in [-0.39, 0.29) is 17.7 Å². The quantitative estimate of drug-likeness (QED) is 0.753. The second-order valence-corrected chi connectivity index (χ2v) is 5.69. The number of nitrogens with two attached hydrogens (primary N) is 1. The smallest absolute Gasteiger partial charge is 0.0972 e. The first-order valence-corrected chi connectivity index (χ1v) is 6.84. The summed E-state index contributed by atoms with van der Waals surface area (Å²) < 4.78 is 11.1. The topological polar surface area (TPSA) is 51.0 Å². The molecule has 5 heteroatoms. The Labute approximate surface area is 110 Å². The van der Waals surface area contributed by atoms with E-state index >= 15 is 0 Å². The van der Waals surface area contributed by atoms with Gasteiger partial charge in [0.25, 0.3) is 0 Å². The Morgan fingerprint density at radius 1 is 1.11 bits per heavy atom. The average Bonchev–Trinajstić information content (AvgIpc) is 2.84. The summed E-state index contributed by atoms with van der Waals surface area (Å²) in [4.78, 5) is 4.88. The number of hydrogen-bond acceptors (Lipinski definition) is 5. The molecule has 5 nitrogen and oxygen atoms in total. The van der Waals surface area contributed by atoms with Crippen molar-refractivity contribution in [2.24, 2.45) is 5.73 Å². The molecule has 0 spiro atoms. The molecule has 0 aromatic heterocycles. The van der Waals surface area contributed by atoms with Gasteiger partial charge in [0.2, 0.25) is 0 Å². The number of piperidine rings is 1. The summed E-state index contributed by atoms with van der Waals surface area (Å²) in [6, 6.07) is 0. The van der Waals surface area contributed by atoms with Gasteiger partial charge in [0.1, 0.15) is 0 Å². The first-order valence-electron chi connectivity index (χ1n) is 6.84. The third-order valence-electron chi connectivity index (χ3n) is 4.79. The van der Waals surface area contributed by atoms with E-state index in [2.05, 4.69) is 16.8 Å². The van der Waals surface area contributed by atoms with Crippen LogP contribution < -0.4 is 5.73 Å². The molecule has 18 heavy (non-hydrogen) atoms. The maximum atomic E-state index is 6.10. The van der Waals surface area contributed by atoms with Crippen LogP contribution in [0.4, 0.5) is 0 Å². The van der Waals surface area contributed by atoms with Gasteiger partial charge in [-0.3, -0.25) is 4.90 Å². The molecule has 0 aromatic carbocycles. The van der Waals surface area contributed by atoms with Crippen molar-refractivity contribution in [1.29, 1.82) is 0 Å². The van der Waals surface area contributed by atoms with Gasteiger partial charge in [-0.25, -0.2) is 0 Å². The standard InChI is InChI=1S/C13H27N3O2/c1-15-6-4-13(10-14,5-7-15)16-8-11(17-2)12(9-16)18-3/h11-12H,4-10,14H2,1-3H3. The van der Waals surface area contributed by atoms with E-state index in [1.165, 1.54) is 0 Å². The van der Waals surface area contributed by atoms with E-state index in [0.717, 1.165) is 45.6 Å². The molecule has 2 saturated heterocycles. The fourth-order valence-electron chi connectivity index (χ4n) is 3.27. The maximum absolute atomic E-state index is 6.10. The Balaban J connectivity index is 2.05. The van der Waals surface area contributed by atoms with Crippen molar-refractivity contribution < 1.29 is 9.47 Å². The van der Waals surface area contributed by atoms with E-state index < -0.39 is 0 Å². The summed E-state index contributed by atoms with van der Waals surface area (Å²) >= 11 is 0. The van der Waals surface area contributed by atoms with Crippen LogP contribution in [0.25, 0.3) is 0 Å². The molecule has 106 valence electrons. The Kier molecular flexibility index (Phi) is 4.61. The highest BCUT2D eigenvalue weighted by molar-refractivity contribution is 5.01. The summed E-state index contributed by atoms with van der Waals surface area (Å²) in [6.07, 6.45) is 2.65. The van der Waals surface area contributed by atoms with E-state index in [1.807, 2.05) is 0 Å². The van der Waals surface area contributed by atoms with Gasteiger partial charge < -0.3 is 20.1 Å². The Hall–Kier alpha value is -0.200. The van der Waals surface area contributed by atoms with Gasteiger partial charge in [-0.05, 0) is 33.0 Å². The third kappa shape index (κ3) is 2.56. The Morgan fingerprint density at radius 3 is 2.00 bits per heavy atom. The number of rotatable bonds is 4. The van der Waals surface area contributed by atoms with Crippen LogP contribution >= 0.6 is 0 Å². The van der Waals surface area contributed by atoms with Gasteiger partial charge in [0, 0.05) is 39.4 Å². The molecule has 2 heterocycles. The third-order valence-corrected chi connectivity index (χ3v) is 4.79. The van der Waals surface area contributed by atoms with Crippen LogP contribution in [0.2, 0.25) is 0 Å². The SMILES string of the molecule is COC1CN(C2(CN)CCN(C)CC2)CC1OC. The lowest BCUT2D eigenvalue weighted by Crippen LogP contribution is -2.58. The lowest BCUT2D eigenvalue weighted by molar-refractivity contribution is -0.00461. The molecule has 2 aliphatic rings. The van der Waals surface area contributed by atoms with Crippen LogP contribution in [0.3, 0.4) is 0 Å². The molecule has 2 atom stereocenters. The zero-order chi connectivity index (χ0) is 13.2. The van der Waals surface area contributed by atoms with E-state index in [4.69, 9.17) is 15.2 Å². The second kappa shape index (κ2) is 5.84. The lowest BCUT2D eigenvalue weighted by Gasteiger charge is -2.46. The highest BCUT2D eigenvalue weighted by Gasteiger charge is 2.45. The Morgan fingerprint density at radius 2 is 1.61 bits per heavy atom. The molecule has 2 rings (SSSR count). The second-order valence-electron chi connectivity index (χ2n) is 5.69. The first-order chi connectivity index (χ1) is 8.65. The maximum Gasteiger partial charge on any atom is 0.0972 e. The molecule has 0 amide bonds. The number of likely N-dealkylation sites (tertiary alicyclic amines) is 2. The minimum atomic E-state index is 0.149. The van der Waals surface area contributed by atoms with Crippen molar-refractivity contribution >= 4 is 0 Å². The zero-order valence-electron chi connectivity index (χ0n) is 11.9. The van der Waals surface area contributed by atoms with E-state index in [9.17, 15) is 0 Å². The molecule has 2 fully saturated rings. The van der Waals surface area contributed by atoms with Gasteiger partial charge in [0.15, 0.2) is 0 Å². The highest BCUT2D eigenvalue weighted by atomic mass is 16.5. The molecular weight excluding hydrogens is 230 g/mol. The molecule has 0 saturated carbocycles. The van der Waals surface area contributed by atoms with Crippen molar-refractivity contribution in [3.63, 3.8) is 0 Å². The summed E-state index contributed by atoms with van der Waals surface area (Å²) in [5.41, 5.74) is 6.24. The van der Waals surface area contributed by atoms with Crippen molar-refractivity contribution in [1.82, 2.24) is 9.80 Å². The van der Waals surface area contributed by atoms with Gasteiger partial charge in [-0.2, -0.15) is 0 Å². The van der Waals surface area contributed by atoms with Crippen molar-refractivity contribution in [3.05, 3.63) is 0 Å². The minimum Gasteiger partial charge on any atom is -0.377 e. The fourth-order valence-corrected chi connectivity index (χ4v) is 3.27. The van der Waals surface area contributed by atoms with Gasteiger partial charge in [-0.1, -0.05) is 0 Å². The van der Waals surface area contributed by atoms with Crippen LogP contribution in [-0.4, -0.2) is 81.5 Å². The average molecular weight is 257 g/mol. The normalized spacial score (nSPS) is 34.0. The number of hydrogen-bond donors (Lipinski definition) is 1. The van der Waals surface area contributed by atoms with E-state index in [1.54, 1.807) is 14.2 Å². The number of methoxy groups -OCH3 is 2. The predicted molar refractivity (Wildman–Crippen MR) is 71.7 cm³/mol. The van der Waals surface area contributed by atoms with Crippen LogP contribution in [0.15, 0.2) is 0 Å². The molecule has 0 aromatic rings. The first kappa shape index (κ1) is 14.2. The summed E-state index contributed by atoms with van der Waals surface area (Å²) in [7, 11) is 5.72. The van der Waals surface area contributed by atoms with Gasteiger partial charge in [-0.15, -0.1) is 0 Å². The predicted octanol–water partition coefficient (Wildman–Crippen LogP) is -0.245. The zero-order valence-corrected chi connectivity index (χ0v) is 11.9. The minimum absolute atomic E-state index is 0.149. The summed E-state index contributed by atoms with van der Waals surface area (Å²) in [5, 5.41) is 0. The number of nitrogens with zero attached hydrogens (tertiary/aromatic N) is 2. The molecule has 2 unspecified atom stereocenters. The molecule has 2 aliphatic heterocycles. The van der Waals surface area contributed by atoms with Crippen molar-refractivity contribution in [3.8, 4) is 0 Å². The molecule has 2 N–H and O–H groups in total. The van der Waals surface area contributed by atoms with Crippen LogP contribution in [0.5, 0.6) is 0 Å². The summed E-state index contributed by atoms with van der Waals surface area (Å²) in [5.74, 6) is 0. The highest BCUT2D eigenvalue weighted by Crippen LogP contribution is 2.32. The molecular formula is C13H27N3O2. The molecule has 0 bridgehead atoms. The largest absolute Gasteiger partial charge is 0.377 e. The van der Waals surface area contributed by atoms with Crippen molar-refractivity contribution in [2.75, 3.05) is 54.0 Å². The monoisotopic (exact) mass is 257 g/mol.